The number of hydrogen-bond donors (Lipinski definition) is 2. The zero-order valence-corrected chi connectivity index (χ0v) is 15.3. The van der Waals surface area contributed by atoms with Gasteiger partial charge in [-0.15, -0.1) is 0 Å². The number of aromatic nitrogens is 2. The predicted molar refractivity (Wildman–Crippen MR) is 99.3 cm³/mol. The molecule has 25 heavy (non-hydrogen) atoms. The van der Waals surface area contributed by atoms with E-state index in [-0.39, 0.29) is 17.2 Å². The topological polar surface area (TPSA) is 84.1 Å². The van der Waals surface area contributed by atoms with E-state index in [1.165, 1.54) is 17.8 Å². The lowest BCUT2D eigenvalue weighted by atomic mass is 10.1. The predicted octanol–water partition coefficient (Wildman–Crippen LogP) is 2.18. The molecule has 2 aromatic rings. The van der Waals surface area contributed by atoms with Crippen molar-refractivity contribution < 1.29 is 9.53 Å². The molecule has 1 amide bonds. The molecule has 2 rings (SSSR count). The molecule has 0 fully saturated rings. The number of carbonyl (C=O) groups excluding carboxylic acids is 1. The van der Waals surface area contributed by atoms with E-state index >= 15 is 0 Å². The van der Waals surface area contributed by atoms with E-state index < -0.39 is 0 Å². The highest BCUT2D eigenvalue weighted by Gasteiger charge is 2.06. The van der Waals surface area contributed by atoms with Crippen LogP contribution in [-0.2, 0) is 17.6 Å². The summed E-state index contributed by atoms with van der Waals surface area (Å²) in [5.41, 5.74) is 1.71. The number of carbonyl (C=O) groups is 1. The molecule has 0 aliphatic heterocycles. The number of amides is 1. The third-order valence-corrected chi connectivity index (χ3v) is 4.39. The Morgan fingerprint density at radius 1 is 1.28 bits per heavy atom. The summed E-state index contributed by atoms with van der Waals surface area (Å²) >= 11 is 1.24. The van der Waals surface area contributed by atoms with Gasteiger partial charge >= 0.3 is 0 Å². The molecule has 0 bridgehead atoms. The van der Waals surface area contributed by atoms with Gasteiger partial charge in [-0.1, -0.05) is 37.2 Å². The van der Waals surface area contributed by atoms with Gasteiger partial charge in [0.2, 0.25) is 5.91 Å². The Bertz CT molecular complexity index is 744. The molecule has 0 spiro atoms. The second-order valence-electron chi connectivity index (χ2n) is 5.53. The number of methoxy groups -OCH3 is 1. The van der Waals surface area contributed by atoms with E-state index in [4.69, 9.17) is 4.74 Å². The number of aryl methyl sites for hydroxylation is 1. The van der Waals surface area contributed by atoms with E-state index in [1.807, 2.05) is 31.2 Å². The molecule has 6 nitrogen and oxygen atoms in total. The van der Waals surface area contributed by atoms with E-state index in [0.29, 0.717) is 11.7 Å². The van der Waals surface area contributed by atoms with Gasteiger partial charge in [0.15, 0.2) is 5.16 Å². The summed E-state index contributed by atoms with van der Waals surface area (Å²) in [7, 11) is 1.63. The van der Waals surface area contributed by atoms with Crippen LogP contribution < -0.4 is 15.6 Å². The Morgan fingerprint density at radius 3 is 2.72 bits per heavy atom. The minimum atomic E-state index is -0.180. The number of ether oxygens (including phenoxy) is 1. The second kappa shape index (κ2) is 9.88. The number of benzene rings is 1. The molecule has 2 N–H and O–H groups in total. The van der Waals surface area contributed by atoms with Crippen molar-refractivity contribution in [3.05, 3.63) is 51.9 Å². The maximum absolute atomic E-state index is 11.9. The highest BCUT2D eigenvalue weighted by Crippen LogP contribution is 2.12. The average Bonchev–Trinajstić information content (AvgIpc) is 2.60. The molecule has 0 saturated heterocycles. The van der Waals surface area contributed by atoms with Crippen LogP contribution in [0.3, 0.4) is 0 Å². The van der Waals surface area contributed by atoms with Gasteiger partial charge in [0.1, 0.15) is 5.75 Å². The number of thioether (sulfide) groups is 1. The van der Waals surface area contributed by atoms with E-state index in [1.54, 1.807) is 7.11 Å². The number of aromatic amines is 1. The number of hydrogen-bond acceptors (Lipinski definition) is 5. The Labute approximate surface area is 151 Å². The first-order valence-electron chi connectivity index (χ1n) is 8.23. The summed E-state index contributed by atoms with van der Waals surface area (Å²) in [6.07, 6.45) is 2.43. The second-order valence-corrected chi connectivity index (χ2v) is 6.49. The van der Waals surface area contributed by atoms with Crippen molar-refractivity contribution in [2.24, 2.45) is 0 Å². The van der Waals surface area contributed by atoms with Crippen LogP contribution in [0.5, 0.6) is 5.75 Å². The molecule has 134 valence electrons. The van der Waals surface area contributed by atoms with Gasteiger partial charge in [0, 0.05) is 18.3 Å². The Kier molecular flexibility index (Phi) is 7.53. The van der Waals surface area contributed by atoms with E-state index in [2.05, 4.69) is 15.3 Å². The lowest BCUT2D eigenvalue weighted by Crippen LogP contribution is -2.27. The largest absolute Gasteiger partial charge is 0.497 e. The van der Waals surface area contributed by atoms with Crippen LogP contribution in [-0.4, -0.2) is 35.3 Å². The first-order valence-corrected chi connectivity index (χ1v) is 9.22. The zero-order valence-electron chi connectivity index (χ0n) is 14.5. The smallest absolute Gasteiger partial charge is 0.251 e. The lowest BCUT2D eigenvalue weighted by Gasteiger charge is -2.06. The summed E-state index contributed by atoms with van der Waals surface area (Å²) in [4.78, 5) is 30.5. The summed E-state index contributed by atoms with van der Waals surface area (Å²) < 4.78 is 5.11. The van der Waals surface area contributed by atoms with Gasteiger partial charge in [-0.3, -0.25) is 9.59 Å². The van der Waals surface area contributed by atoms with Gasteiger partial charge in [0.05, 0.1) is 12.9 Å². The third kappa shape index (κ3) is 6.62. The fraction of sp³-hybridized carbons (Fsp3) is 0.389. The van der Waals surface area contributed by atoms with Crippen LogP contribution in [0.1, 0.15) is 24.6 Å². The summed E-state index contributed by atoms with van der Waals surface area (Å²) in [6.45, 7) is 2.59. The third-order valence-electron chi connectivity index (χ3n) is 3.51. The van der Waals surface area contributed by atoms with Gasteiger partial charge in [-0.2, -0.15) is 0 Å². The molecular formula is C18H23N3O3S. The standard InChI is InChI=1S/C18H23N3O3S/c1-3-4-14-11-16(22)21-18(20-14)25-12-17(23)19-10-9-13-5-7-15(24-2)8-6-13/h5-8,11H,3-4,9-10,12H2,1-2H3,(H,19,23)(H,20,21,22). The maximum atomic E-state index is 11.9. The molecule has 0 unspecified atom stereocenters. The van der Waals surface area contributed by atoms with E-state index in [0.717, 1.165) is 36.3 Å². The molecule has 0 saturated carbocycles. The minimum Gasteiger partial charge on any atom is -0.497 e. The minimum absolute atomic E-state index is 0.0814. The normalized spacial score (nSPS) is 10.5. The molecule has 0 radical (unpaired) electrons. The molecule has 0 aliphatic rings. The van der Waals surface area contributed by atoms with Gasteiger partial charge < -0.3 is 15.0 Å². The van der Waals surface area contributed by atoms with Crippen molar-refractivity contribution in [2.75, 3.05) is 19.4 Å². The first-order chi connectivity index (χ1) is 12.1. The lowest BCUT2D eigenvalue weighted by molar-refractivity contribution is -0.118. The van der Waals surface area contributed by atoms with Gasteiger partial charge in [-0.25, -0.2) is 4.98 Å². The highest BCUT2D eigenvalue weighted by atomic mass is 32.2. The van der Waals surface area contributed by atoms with Crippen LogP contribution in [0, 0.1) is 0 Å². The molecule has 0 aliphatic carbocycles. The monoisotopic (exact) mass is 361 g/mol. The Balaban J connectivity index is 1.75. The summed E-state index contributed by atoms with van der Waals surface area (Å²) in [5, 5.41) is 3.36. The number of nitrogens with one attached hydrogen (secondary N) is 2. The quantitative estimate of drug-likeness (QED) is 0.528. The van der Waals surface area contributed by atoms with Crippen molar-refractivity contribution >= 4 is 17.7 Å². The number of nitrogens with zero attached hydrogens (tertiary/aromatic N) is 1. The fourth-order valence-corrected chi connectivity index (χ4v) is 2.98. The Hall–Kier alpha value is -2.28. The molecule has 1 heterocycles. The van der Waals surface area contributed by atoms with Crippen molar-refractivity contribution in [2.45, 2.75) is 31.3 Å². The van der Waals surface area contributed by atoms with Crippen LogP contribution >= 0.6 is 11.8 Å². The van der Waals surface area contributed by atoms with Crippen LogP contribution in [0.15, 0.2) is 40.3 Å². The molecule has 0 atom stereocenters. The van der Waals surface area contributed by atoms with Gasteiger partial charge in [-0.05, 0) is 30.5 Å². The first kappa shape index (κ1) is 19.1. The fourth-order valence-electron chi connectivity index (χ4n) is 2.26. The van der Waals surface area contributed by atoms with E-state index in [9.17, 15) is 9.59 Å². The van der Waals surface area contributed by atoms with Crippen molar-refractivity contribution in [3.8, 4) is 5.75 Å². The number of rotatable bonds is 9. The zero-order chi connectivity index (χ0) is 18.1. The van der Waals surface area contributed by atoms with Crippen molar-refractivity contribution in [1.82, 2.24) is 15.3 Å². The average molecular weight is 361 g/mol. The molecule has 7 heteroatoms. The summed E-state index contributed by atoms with van der Waals surface area (Å²) in [6, 6.07) is 9.26. The van der Waals surface area contributed by atoms with Crippen molar-refractivity contribution in [1.29, 1.82) is 0 Å². The summed E-state index contributed by atoms with van der Waals surface area (Å²) in [5.74, 6) is 0.958. The Morgan fingerprint density at radius 2 is 2.04 bits per heavy atom. The molecule has 1 aromatic heterocycles. The van der Waals surface area contributed by atoms with Crippen molar-refractivity contribution in [3.63, 3.8) is 0 Å². The van der Waals surface area contributed by atoms with Crippen LogP contribution in [0.4, 0.5) is 0 Å². The van der Waals surface area contributed by atoms with Crippen LogP contribution in [0.2, 0.25) is 0 Å². The highest BCUT2D eigenvalue weighted by molar-refractivity contribution is 7.99. The van der Waals surface area contributed by atoms with Gasteiger partial charge in [0.25, 0.3) is 5.56 Å². The maximum Gasteiger partial charge on any atom is 0.251 e. The SMILES string of the molecule is CCCc1cc(=O)[nH]c(SCC(=O)NCCc2ccc(OC)cc2)n1. The van der Waals surface area contributed by atoms with Crippen LogP contribution in [0.25, 0.3) is 0 Å². The number of H-pyrrole nitrogens is 1. The molecular weight excluding hydrogens is 338 g/mol. The molecule has 1 aromatic carbocycles.